The van der Waals surface area contributed by atoms with Crippen molar-refractivity contribution in [3.05, 3.63) is 0 Å². The molecule has 1 unspecified atom stereocenters. The molecule has 2 saturated heterocycles. The van der Waals surface area contributed by atoms with Crippen LogP contribution in [0.3, 0.4) is 0 Å². The van der Waals surface area contributed by atoms with Gasteiger partial charge in [0.1, 0.15) is 48.8 Å². The lowest BCUT2D eigenvalue weighted by Gasteiger charge is -2.45. The van der Waals surface area contributed by atoms with E-state index >= 15 is 0 Å². The van der Waals surface area contributed by atoms with E-state index in [1.54, 1.807) is 0 Å². The van der Waals surface area contributed by atoms with E-state index in [4.69, 9.17) is 19.3 Å². The van der Waals surface area contributed by atoms with E-state index in [-0.39, 0.29) is 0 Å². The Kier molecular flexibility index (Phi) is 6.27. The monoisotopic (exact) mass is 342 g/mol. The van der Waals surface area contributed by atoms with Crippen LogP contribution in [0.25, 0.3) is 0 Å². The fourth-order valence-electron chi connectivity index (χ4n) is 2.57. The van der Waals surface area contributed by atoms with Gasteiger partial charge in [-0.05, 0) is 0 Å². The third kappa shape index (κ3) is 3.65. The molecular formula is C12H22O11. The molecule has 2 rings (SSSR count). The van der Waals surface area contributed by atoms with Gasteiger partial charge in [0.05, 0.1) is 13.2 Å². The summed E-state index contributed by atoms with van der Waals surface area (Å²) in [5.74, 6) is 0. The minimum Gasteiger partial charge on any atom is -0.394 e. The van der Waals surface area contributed by atoms with Crippen LogP contribution in [0.5, 0.6) is 0 Å². The molecule has 0 bridgehead atoms. The van der Waals surface area contributed by atoms with Gasteiger partial charge in [0.15, 0.2) is 12.6 Å². The average Bonchev–Trinajstić information content (AvgIpc) is 2.55. The largest absolute Gasteiger partial charge is 0.394 e. The molecule has 10 atom stereocenters. The van der Waals surface area contributed by atoms with E-state index in [2.05, 4.69) is 0 Å². The maximum atomic E-state index is 9.94. The molecule has 0 aromatic heterocycles. The van der Waals surface area contributed by atoms with Crippen molar-refractivity contribution in [2.75, 3.05) is 13.2 Å². The molecule has 11 nitrogen and oxygen atoms in total. The molecule has 0 saturated carbocycles. The molecule has 2 aliphatic heterocycles. The molecule has 0 aliphatic carbocycles. The zero-order valence-electron chi connectivity index (χ0n) is 12.0. The summed E-state index contributed by atoms with van der Waals surface area (Å²) in [5, 5.41) is 76.5. The number of aliphatic hydroxyl groups excluding tert-OH is 8. The summed E-state index contributed by atoms with van der Waals surface area (Å²) in [4.78, 5) is 0. The van der Waals surface area contributed by atoms with E-state index in [0.29, 0.717) is 0 Å². The summed E-state index contributed by atoms with van der Waals surface area (Å²) in [6, 6.07) is 0. The summed E-state index contributed by atoms with van der Waals surface area (Å²) < 4.78 is 15.3. The Labute approximate surface area is 130 Å². The van der Waals surface area contributed by atoms with Gasteiger partial charge in [-0.3, -0.25) is 0 Å². The molecule has 0 aromatic rings. The molecule has 0 aromatic carbocycles. The highest BCUT2D eigenvalue weighted by atomic mass is 16.7. The maximum absolute atomic E-state index is 9.94. The smallest absolute Gasteiger partial charge is 0.187 e. The minimum atomic E-state index is -1.74. The topological polar surface area (TPSA) is 190 Å². The van der Waals surface area contributed by atoms with Crippen LogP contribution in [0, 0.1) is 0 Å². The molecule has 0 radical (unpaired) electrons. The van der Waals surface area contributed by atoms with Gasteiger partial charge in [-0.2, -0.15) is 0 Å². The summed E-state index contributed by atoms with van der Waals surface area (Å²) in [5.41, 5.74) is 0. The molecule has 23 heavy (non-hydrogen) atoms. The third-order valence-electron chi connectivity index (χ3n) is 3.98. The van der Waals surface area contributed by atoms with Crippen molar-refractivity contribution in [1.82, 2.24) is 0 Å². The van der Waals surface area contributed by atoms with Gasteiger partial charge < -0.3 is 55.1 Å². The minimum absolute atomic E-state index is 0.667. The zero-order valence-corrected chi connectivity index (χ0v) is 12.0. The first kappa shape index (κ1) is 18.9. The van der Waals surface area contributed by atoms with E-state index in [1.807, 2.05) is 0 Å². The van der Waals surface area contributed by atoms with Crippen molar-refractivity contribution in [2.24, 2.45) is 0 Å². The number of ether oxygens (including phenoxy) is 3. The van der Waals surface area contributed by atoms with Gasteiger partial charge in [0.25, 0.3) is 0 Å². The first-order valence-corrected chi connectivity index (χ1v) is 7.08. The van der Waals surface area contributed by atoms with Gasteiger partial charge in [0, 0.05) is 0 Å². The highest BCUT2D eigenvalue weighted by Crippen LogP contribution is 2.28. The Balaban J connectivity index is 2.11. The molecule has 0 amide bonds. The summed E-state index contributed by atoms with van der Waals surface area (Å²) in [7, 11) is 0. The first-order valence-electron chi connectivity index (χ1n) is 7.08. The number of rotatable bonds is 4. The Hall–Kier alpha value is -0.440. The SMILES string of the molecule is OCC1O[C@@H](O[C@H]2[C@H](O)[C@@H](O)[C@H](O)O[C@@H]2CO)[C@H](O)[C@@H](O)[C@@H]1O. The van der Waals surface area contributed by atoms with E-state index in [0.717, 1.165) is 0 Å². The van der Waals surface area contributed by atoms with Crippen LogP contribution in [-0.2, 0) is 14.2 Å². The van der Waals surface area contributed by atoms with E-state index in [9.17, 15) is 35.7 Å². The Bertz CT molecular complexity index is 378. The Morgan fingerprint density at radius 1 is 0.652 bits per heavy atom. The van der Waals surface area contributed by atoms with Crippen molar-refractivity contribution < 1.29 is 55.1 Å². The lowest BCUT2D eigenvalue weighted by molar-refractivity contribution is -0.355. The van der Waals surface area contributed by atoms with Gasteiger partial charge in [-0.25, -0.2) is 0 Å². The molecule has 0 spiro atoms. The number of hydrogen-bond acceptors (Lipinski definition) is 11. The van der Waals surface area contributed by atoms with Crippen LogP contribution >= 0.6 is 0 Å². The van der Waals surface area contributed by atoms with Gasteiger partial charge in [-0.1, -0.05) is 0 Å². The molecule has 2 heterocycles. The van der Waals surface area contributed by atoms with Crippen LogP contribution < -0.4 is 0 Å². The van der Waals surface area contributed by atoms with Crippen LogP contribution in [0.4, 0.5) is 0 Å². The summed E-state index contributed by atoms with van der Waals surface area (Å²) in [6.45, 7) is -1.35. The van der Waals surface area contributed by atoms with Crippen LogP contribution in [0.1, 0.15) is 0 Å². The highest BCUT2D eigenvalue weighted by Gasteiger charge is 2.50. The summed E-state index contributed by atoms with van der Waals surface area (Å²) in [6.07, 6.45) is -15.6. The molecular weight excluding hydrogens is 320 g/mol. The summed E-state index contributed by atoms with van der Waals surface area (Å²) >= 11 is 0. The van der Waals surface area contributed by atoms with Crippen LogP contribution in [0.15, 0.2) is 0 Å². The Morgan fingerprint density at radius 2 is 1.26 bits per heavy atom. The third-order valence-corrected chi connectivity index (χ3v) is 3.98. The van der Waals surface area contributed by atoms with Crippen molar-refractivity contribution in [2.45, 2.75) is 61.4 Å². The highest BCUT2D eigenvalue weighted by molar-refractivity contribution is 4.93. The van der Waals surface area contributed by atoms with Gasteiger partial charge in [0.2, 0.25) is 0 Å². The molecule has 11 heteroatoms. The van der Waals surface area contributed by atoms with Crippen molar-refractivity contribution in [3.8, 4) is 0 Å². The molecule has 136 valence electrons. The Morgan fingerprint density at radius 3 is 1.83 bits per heavy atom. The standard InChI is InChI=1S/C12H22O11/c13-1-3-5(15)6(16)9(19)12(22-3)23-10-4(2-14)21-11(20)8(18)7(10)17/h3-20H,1-2H2/t3?,4-,5-,6+,7-,8-,9-,10-,11-,12+/m1/s1. The average molecular weight is 342 g/mol. The van der Waals surface area contributed by atoms with Gasteiger partial charge >= 0.3 is 0 Å². The lowest BCUT2D eigenvalue weighted by Crippen LogP contribution is -2.64. The van der Waals surface area contributed by atoms with Crippen LogP contribution in [0.2, 0.25) is 0 Å². The number of hydrogen-bond donors (Lipinski definition) is 8. The van der Waals surface area contributed by atoms with E-state index in [1.165, 1.54) is 0 Å². The fraction of sp³-hybridized carbons (Fsp3) is 1.00. The predicted molar refractivity (Wildman–Crippen MR) is 68.6 cm³/mol. The van der Waals surface area contributed by atoms with Crippen molar-refractivity contribution in [3.63, 3.8) is 0 Å². The normalized spacial score (nSPS) is 51.7. The fourth-order valence-corrected chi connectivity index (χ4v) is 2.57. The quantitative estimate of drug-likeness (QED) is 0.243. The van der Waals surface area contributed by atoms with Crippen molar-refractivity contribution >= 4 is 0 Å². The van der Waals surface area contributed by atoms with Crippen molar-refractivity contribution in [1.29, 1.82) is 0 Å². The van der Waals surface area contributed by atoms with E-state index < -0.39 is 74.6 Å². The maximum Gasteiger partial charge on any atom is 0.187 e. The zero-order chi connectivity index (χ0) is 17.3. The molecule has 2 fully saturated rings. The number of aliphatic hydroxyl groups is 8. The first-order chi connectivity index (χ1) is 10.8. The predicted octanol–water partition coefficient (Wildman–Crippen LogP) is -5.40. The molecule has 8 N–H and O–H groups in total. The van der Waals surface area contributed by atoms with Gasteiger partial charge in [-0.15, -0.1) is 0 Å². The second-order valence-corrected chi connectivity index (χ2v) is 5.53. The second kappa shape index (κ2) is 7.63. The lowest BCUT2D eigenvalue weighted by atomic mass is 9.97. The molecule has 2 aliphatic rings. The second-order valence-electron chi connectivity index (χ2n) is 5.53. The van der Waals surface area contributed by atoms with Crippen LogP contribution in [-0.4, -0.2) is 115 Å².